The minimum atomic E-state index is -0.440. The van der Waals surface area contributed by atoms with Crippen LogP contribution in [-0.4, -0.2) is 61.5 Å². The molecule has 1 heterocycles. The van der Waals surface area contributed by atoms with Crippen LogP contribution < -0.4 is 5.32 Å². The van der Waals surface area contributed by atoms with Crippen molar-refractivity contribution in [1.29, 1.82) is 0 Å². The van der Waals surface area contributed by atoms with Crippen molar-refractivity contribution >= 4 is 5.91 Å². The number of amides is 1. The molecule has 1 aliphatic heterocycles. The van der Waals surface area contributed by atoms with Crippen LogP contribution in [-0.2, 0) is 4.79 Å². The van der Waals surface area contributed by atoms with E-state index in [1.54, 1.807) is 0 Å². The number of nitrogens with one attached hydrogen (secondary N) is 1. The molecule has 4 nitrogen and oxygen atoms in total. The molecule has 118 valence electrons. The van der Waals surface area contributed by atoms with Crippen molar-refractivity contribution < 1.29 is 4.79 Å². The van der Waals surface area contributed by atoms with E-state index in [0.717, 1.165) is 31.8 Å². The smallest absolute Gasteiger partial charge is 0.242 e. The number of unbranched alkanes of at least 4 members (excludes halogenated alkanes) is 1. The molecule has 1 aliphatic rings. The third-order valence-corrected chi connectivity index (χ3v) is 4.52. The number of piperidine rings is 1. The molecule has 0 unspecified atom stereocenters. The van der Waals surface area contributed by atoms with Crippen LogP contribution in [0.15, 0.2) is 0 Å². The number of rotatable bonds is 7. The molecule has 0 atom stereocenters. The summed E-state index contributed by atoms with van der Waals surface area (Å²) in [5, 5.41) is 3.11. The number of hydrogen-bond donors (Lipinski definition) is 1. The van der Waals surface area contributed by atoms with E-state index in [2.05, 4.69) is 24.2 Å². The quantitative estimate of drug-likeness (QED) is 0.776. The molecule has 0 aromatic heterocycles. The zero-order chi connectivity index (χ0) is 15.2. The second kappa shape index (κ2) is 7.99. The molecule has 0 aromatic rings. The minimum Gasteiger partial charge on any atom is -0.341 e. The van der Waals surface area contributed by atoms with Gasteiger partial charge in [0.15, 0.2) is 0 Å². The Balaban J connectivity index is 2.35. The topological polar surface area (TPSA) is 35.6 Å². The van der Waals surface area contributed by atoms with Crippen LogP contribution in [0.25, 0.3) is 0 Å². The standard InChI is InChI=1S/C16H33N3O/c1-6-7-10-18(5)13-14-8-11-19(12-9-14)15(20)16(2,3)17-4/h14,17H,6-13H2,1-5H3. The van der Waals surface area contributed by atoms with Crippen molar-refractivity contribution in [2.24, 2.45) is 5.92 Å². The fourth-order valence-corrected chi connectivity index (χ4v) is 2.78. The molecular weight excluding hydrogens is 250 g/mol. The van der Waals surface area contributed by atoms with Gasteiger partial charge in [0, 0.05) is 19.6 Å². The number of hydrogen-bond acceptors (Lipinski definition) is 3. The highest BCUT2D eigenvalue weighted by Crippen LogP contribution is 2.20. The Bertz CT molecular complexity index is 296. The largest absolute Gasteiger partial charge is 0.341 e. The molecule has 0 radical (unpaired) electrons. The Labute approximate surface area is 124 Å². The lowest BCUT2D eigenvalue weighted by Gasteiger charge is -2.37. The summed E-state index contributed by atoms with van der Waals surface area (Å²) in [5.74, 6) is 0.983. The first kappa shape index (κ1) is 17.4. The molecule has 20 heavy (non-hydrogen) atoms. The Hall–Kier alpha value is -0.610. The SMILES string of the molecule is CCCCN(C)CC1CCN(C(=O)C(C)(C)NC)CC1. The van der Waals surface area contributed by atoms with Crippen LogP contribution >= 0.6 is 0 Å². The van der Waals surface area contributed by atoms with E-state index >= 15 is 0 Å². The molecule has 0 bridgehead atoms. The van der Waals surface area contributed by atoms with E-state index in [1.165, 1.54) is 25.9 Å². The molecule has 0 spiro atoms. The molecule has 0 aliphatic carbocycles. The molecule has 1 N–H and O–H groups in total. The van der Waals surface area contributed by atoms with E-state index in [-0.39, 0.29) is 5.91 Å². The Kier molecular flexibility index (Phi) is 6.96. The number of likely N-dealkylation sites (N-methyl/N-ethyl adjacent to an activating group) is 1. The van der Waals surface area contributed by atoms with Crippen LogP contribution in [0.1, 0.15) is 46.5 Å². The lowest BCUT2D eigenvalue weighted by atomic mass is 9.94. The van der Waals surface area contributed by atoms with Gasteiger partial charge in [-0.15, -0.1) is 0 Å². The molecule has 4 heteroatoms. The summed E-state index contributed by atoms with van der Waals surface area (Å²) in [6, 6.07) is 0. The van der Waals surface area contributed by atoms with Gasteiger partial charge >= 0.3 is 0 Å². The van der Waals surface area contributed by atoms with Gasteiger partial charge in [0.1, 0.15) is 0 Å². The fourth-order valence-electron chi connectivity index (χ4n) is 2.78. The van der Waals surface area contributed by atoms with Gasteiger partial charge in [-0.3, -0.25) is 4.79 Å². The maximum Gasteiger partial charge on any atom is 0.242 e. The van der Waals surface area contributed by atoms with E-state index in [9.17, 15) is 4.79 Å². The second-order valence-corrected chi connectivity index (χ2v) is 6.73. The van der Waals surface area contributed by atoms with Gasteiger partial charge in [-0.25, -0.2) is 0 Å². The zero-order valence-corrected chi connectivity index (χ0v) is 14.0. The van der Waals surface area contributed by atoms with Crippen LogP contribution in [0, 0.1) is 5.92 Å². The molecule has 1 amide bonds. The van der Waals surface area contributed by atoms with E-state index < -0.39 is 5.54 Å². The average molecular weight is 283 g/mol. The monoisotopic (exact) mass is 283 g/mol. The van der Waals surface area contributed by atoms with Crippen molar-refractivity contribution in [1.82, 2.24) is 15.1 Å². The number of likely N-dealkylation sites (tertiary alicyclic amines) is 1. The van der Waals surface area contributed by atoms with E-state index in [4.69, 9.17) is 0 Å². The highest BCUT2D eigenvalue weighted by atomic mass is 16.2. The lowest BCUT2D eigenvalue weighted by molar-refractivity contribution is -0.138. The summed E-state index contributed by atoms with van der Waals surface area (Å²) < 4.78 is 0. The summed E-state index contributed by atoms with van der Waals surface area (Å²) >= 11 is 0. The van der Waals surface area contributed by atoms with Crippen molar-refractivity contribution in [3.8, 4) is 0 Å². The predicted octanol–water partition coefficient (Wildman–Crippen LogP) is 1.95. The summed E-state index contributed by atoms with van der Waals surface area (Å²) in [6.45, 7) is 10.4. The van der Waals surface area contributed by atoms with Crippen LogP contribution in [0.3, 0.4) is 0 Å². The van der Waals surface area contributed by atoms with Gasteiger partial charge in [-0.05, 0) is 59.7 Å². The van der Waals surface area contributed by atoms with Gasteiger partial charge in [-0.1, -0.05) is 13.3 Å². The highest BCUT2D eigenvalue weighted by molar-refractivity contribution is 5.85. The number of carbonyl (C=O) groups excluding carboxylic acids is 1. The van der Waals surface area contributed by atoms with Crippen LogP contribution in [0.4, 0.5) is 0 Å². The maximum atomic E-state index is 12.4. The normalized spacial score (nSPS) is 17.8. The average Bonchev–Trinajstić information content (AvgIpc) is 2.45. The Morgan fingerprint density at radius 3 is 2.45 bits per heavy atom. The van der Waals surface area contributed by atoms with Crippen molar-refractivity contribution in [2.45, 2.75) is 52.0 Å². The first-order valence-corrected chi connectivity index (χ1v) is 8.07. The third kappa shape index (κ3) is 5.06. The fraction of sp³-hybridized carbons (Fsp3) is 0.938. The number of nitrogens with zero attached hydrogens (tertiary/aromatic N) is 2. The van der Waals surface area contributed by atoms with Gasteiger partial charge in [0.25, 0.3) is 0 Å². The summed E-state index contributed by atoms with van der Waals surface area (Å²) in [7, 11) is 4.07. The van der Waals surface area contributed by atoms with Crippen LogP contribution in [0.2, 0.25) is 0 Å². The van der Waals surface area contributed by atoms with Crippen molar-refractivity contribution in [3.05, 3.63) is 0 Å². The summed E-state index contributed by atoms with van der Waals surface area (Å²) in [4.78, 5) is 16.8. The predicted molar refractivity (Wildman–Crippen MR) is 84.8 cm³/mol. The molecular formula is C16H33N3O. The van der Waals surface area contributed by atoms with Gasteiger partial charge in [0.05, 0.1) is 5.54 Å². The maximum absolute atomic E-state index is 12.4. The molecule has 1 saturated heterocycles. The first-order chi connectivity index (χ1) is 9.40. The molecule has 0 aromatic carbocycles. The zero-order valence-electron chi connectivity index (χ0n) is 14.0. The Morgan fingerprint density at radius 1 is 1.35 bits per heavy atom. The summed E-state index contributed by atoms with van der Waals surface area (Å²) in [6.07, 6.45) is 4.82. The van der Waals surface area contributed by atoms with Crippen LogP contribution in [0.5, 0.6) is 0 Å². The van der Waals surface area contributed by atoms with Gasteiger partial charge < -0.3 is 15.1 Å². The number of carbonyl (C=O) groups is 1. The summed E-state index contributed by atoms with van der Waals surface area (Å²) in [5.41, 5.74) is -0.440. The molecule has 1 fully saturated rings. The van der Waals surface area contributed by atoms with E-state index in [0.29, 0.717) is 0 Å². The second-order valence-electron chi connectivity index (χ2n) is 6.73. The molecule has 1 rings (SSSR count). The Morgan fingerprint density at radius 2 is 1.95 bits per heavy atom. The van der Waals surface area contributed by atoms with E-state index in [1.807, 2.05) is 25.8 Å². The highest BCUT2D eigenvalue weighted by Gasteiger charge is 2.32. The third-order valence-electron chi connectivity index (χ3n) is 4.52. The lowest BCUT2D eigenvalue weighted by Crippen LogP contribution is -2.54. The van der Waals surface area contributed by atoms with Gasteiger partial charge in [-0.2, -0.15) is 0 Å². The first-order valence-electron chi connectivity index (χ1n) is 8.07. The minimum absolute atomic E-state index is 0.234. The van der Waals surface area contributed by atoms with Crippen molar-refractivity contribution in [2.75, 3.05) is 40.3 Å². The van der Waals surface area contributed by atoms with Gasteiger partial charge in [0.2, 0.25) is 5.91 Å². The van der Waals surface area contributed by atoms with Crippen molar-refractivity contribution in [3.63, 3.8) is 0 Å². The molecule has 0 saturated carbocycles.